The number of aliphatic hydroxyl groups is 1. The lowest BCUT2D eigenvalue weighted by Crippen LogP contribution is -2.63. The normalized spacial score (nSPS) is 33.7. The molecule has 0 radical (unpaired) electrons. The van der Waals surface area contributed by atoms with Crippen LogP contribution in [-0.4, -0.2) is 117 Å². The molecule has 0 saturated carbocycles. The van der Waals surface area contributed by atoms with Gasteiger partial charge in [0.2, 0.25) is 0 Å². The Morgan fingerprint density at radius 1 is 0.451 bits per heavy atom. The molecule has 0 bridgehead atoms. The van der Waals surface area contributed by atoms with Gasteiger partial charge in [-0.2, -0.15) is 0 Å². The quantitative estimate of drug-likeness (QED) is 0.0612. The Kier molecular flexibility index (Phi) is 20.0. The number of hydrogen-bond acceptors (Lipinski definition) is 15. The van der Waals surface area contributed by atoms with Crippen LogP contribution in [0.25, 0.3) is 0 Å². The van der Waals surface area contributed by atoms with Crippen LogP contribution in [0, 0.1) is 17.8 Å². The van der Waals surface area contributed by atoms with Crippen molar-refractivity contribution in [3.8, 4) is 0 Å². The lowest BCUT2D eigenvalue weighted by Gasteiger charge is -2.50. The highest BCUT2D eigenvalue weighted by molar-refractivity contribution is 5.20. The second-order valence-corrected chi connectivity index (χ2v) is 22.4. The molecule has 15 heteroatoms. The molecule has 0 aliphatic carbocycles. The van der Waals surface area contributed by atoms with Crippen LogP contribution in [0.5, 0.6) is 0 Å². The van der Waals surface area contributed by atoms with E-state index < -0.39 is 104 Å². The minimum atomic E-state index is -1.19. The first kappa shape index (κ1) is 58.5. The molecule has 18 atom stereocenters. The first-order valence-corrected chi connectivity index (χ1v) is 28.9. The zero-order chi connectivity index (χ0) is 56.3. The smallest absolute Gasteiger partial charge is 0.187 e. The van der Waals surface area contributed by atoms with Crippen molar-refractivity contribution >= 4 is 0 Å². The minimum absolute atomic E-state index is 0.170. The van der Waals surface area contributed by atoms with Crippen LogP contribution >= 0.6 is 0 Å². The molecule has 5 aliphatic heterocycles. The third-order valence-electron chi connectivity index (χ3n) is 16.3. The first-order chi connectivity index (χ1) is 40.2. The van der Waals surface area contributed by atoms with Gasteiger partial charge in [-0.05, 0) is 34.7 Å². The van der Waals surface area contributed by atoms with Crippen molar-refractivity contribution in [3.05, 3.63) is 215 Å². The van der Waals surface area contributed by atoms with Crippen LogP contribution in [0.4, 0.5) is 0 Å². The number of fused-ring (bicyclic) bond motifs is 1. The second kappa shape index (κ2) is 28.1. The summed E-state index contributed by atoms with van der Waals surface area (Å²) in [6.07, 6.45) is -10.7. The average molecular weight is 1120 g/mol. The summed E-state index contributed by atoms with van der Waals surface area (Å²) >= 11 is 0. The summed E-state index contributed by atoms with van der Waals surface area (Å²) in [6, 6.07) is 60.0. The van der Waals surface area contributed by atoms with Gasteiger partial charge in [-0.1, -0.05) is 203 Å². The average Bonchev–Trinajstić information content (AvgIpc) is 3.77. The van der Waals surface area contributed by atoms with Crippen molar-refractivity contribution in [1.82, 2.24) is 0 Å². The van der Waals surface area contributed by atoms with Crippen molar-refractivity contribution in [2.24, 2.45) is 17.8 Å². The number of aliphatic hydroxyl groups excluding tert-OH is 1. The molecule has 82 heavy (non-hydrogen) atoms. The predicted molar refractivity (Wildman–Crippen MR) is 302 cm³/mol. The highest BCUT2D eigenvalue weighted by Crippen LogP contribution is 2.47. The highest BCUT2D eigenvalue weighted by Gasteiger charge is 2.61. The van der Waals surface area contributed by atoms with Gasteiger partial charge in [0.25, 0.3) is 0 Å². The van der Waals surface area contributed by atoms with E-state index in [0.29, 0.717) is 26.4 Å². The summed E-state index contributed by atoms with van der Waals surface area (Å²) in [6.45, 7) is 10.3. The Morgan fingerprint density at radius 3 is 1.51 bits per heavy atom. The number of hydrogen-bond donors (Lipinski definition) is 1. The summed E-state index contributed by atoms with van der Waals surface area (Å²) in [5.74, 6) is -1.19. The van der Waals surface area contributed by atoms with Crippen LogP contribution in [0.2, 0.25) is 0 Å². The molecule has 0 spiro atoms. The van der Waals surface area contributed by atoms with Crippen LogP contribution in [0.15, 0.2) is 182 Å². The van der Waals surface area contributed by atoms with E-state index in [0.717, 1.165) is 33.4 Å². The largest absolute Gasteiger partial charge is 0.374 e. The lowest BCUT2D eigenvalue weighted by molar-refractivity contribution is -0.372. The predicted octanol–water partition coefficient (Wildman–Crippen LogP) is 10.3. The monoisotopic (exact) mass is 1120 g/mol. The molecule has 6 unspecified atom stereocenters. The number of rotatable bonds is 24. The third-order valence-corrected chi connectivity index (χ3v) is 16.3. The van der Waals surface area contributed by atoms with Gasteiger partial charge >= 0.3 is 0 Å². The Balaban J connectivity index is 0.860. The van der Waals surface area contributed by atoms with Crippen LogP contribution < -0.4 is 0 Å². The molecule has 0 amide bonds. The topological polar surface area (TPSA) is 149 Å². The second-order valence-electron chi connectivity index (χ2n) is 22.4. The molecule has 5 fully saturated rings. The SMILES string of the molecule is CC1O[C@@H](O)[C@@H](C)C(O[C@@H]2OC(COCc3ccccc3)[C@@H](OCc3ccccc3)C(OCc3ccccc3)[C@H]2C)[C@H]1O[C@@H]1OC[C@@H](C)[C@@H](O[C@@H]2OC[C@]3(COCc4ccccc4)O[C@@H](c4ccccc4)OC23)C1OCc1ccccc1. The standard InChI is InChI=1S/C67H78O15/c1-44-35-74-65(60(73-40-52-31-19-9-20-32-52)55(44)78-66-61-67(43-75-66,42-70-37-49-25-13-6-14-26-49)82-64(81-61)53-33-21-10-22-34-53)80-58-47(4)76-62(68)45(2)57(58)79-63-46(3)56(71-38-50-27-15-7-16-28-50)59(72-39-51-29-17-8-18-30-51)54(77-63)41-69-36-48-23-11-5-12-24-48/h5-34,44-47,54-66,68H,35-43H2,1-4H3/t44-,45+,46-,47?,54?,55-,56?,57?,58+,59-,60?,61?,62-,63+,64+,65+,66+,67+/m1/s1. The maximum atomic E-state index is 11.6. The molecule has 5 saturated heterocycles. The fourth-order valence-corrected chi connectivity index (χ4v) is 11.6. The van der Waals surface area contributed by atoms with E-state index in [1.165, 1.54) is 0 Å². The molecule has 0 aromatic heterocycles. The molecule has 1 N–H and O–H groups in total. The van der Waals surface area contributed by atoms with Gasteiger partial charge in [-0.3, -0.25) is 0 Å². The minimum Gasteiger partial charge on any atom is -0.374 e. The Hall–Kier alpha value is -5.28. The van der Waals surface area contributed by atoms with E-state index >= 15 is 0 Å². The zero-order valence-corrected chi connectivity index (χ0v) is 47.2. The van der Waals surface area contributed by atoms with Crippen molar-refractivity contribution in [2.75, 3.05) is 26.4 Å². The van der Waals surface area contributed by atoms with E-state index in [-0.39, 0.29) is 39.0 Å². The maximum Gasteiger partial charge on any atom is 0.187 e. The molecule has 5 aliphatic rings. The van der Waals surface area contributed by atoms with E-state index in [2.05, 4.69) is 13.8 Å². The van der Waals surface area contributed by atoms with Crippen molar-refractivity contribution in [1.29, 1.82) is 0 Å². The Bertz CT molecular complexity index is 2810. The summed E-state index contributed by atoms with van der Waals surface area (Å²) in [4.78, 5) is 0. The molecule has 11 rings (SSSR count). The van der Waals surface area contributed by atoms with Crippen LogP contribution in [0.3, 0.4) is 0 Å². The fourth-order valence-electron chi connectivity index (χ4n) is 11.6. The number of ether oxygens (including phenoxy) is 14. The summed E-state index contributed by atoms with van der Waals surface area (Å²) in [5.41, 5.74) is 4.95. The lowest BCUT2D eigenvalue weighted by atomic mass is 9.89. The van der Waals surface area contributed by atoms with Gasteiger partial charge in [0.1, 0.15) is 36.1 Å². The Morgan fingerprint density at radius 2 is 0.939 bits per heavy atom. The van der Waals surface area contributed by atoms with Crippen molar-refractivity contribution in [2.45, 2.75) is 153 Å². The van der Waals surface area contributed by atoms with E-state index in [1.54, 1.807) is 0 Å². The Labute approximate surface area is 481 Å². The maximum absolute atomic E-state index is 11.6. The molecule has 436 valence electrons. The third kappa shape index (κ3) is 14.3. The molecule has 5 heterocycles. The molecular formula is C67H78O15. The van der Waals surface area contributed by atoms with Gasteiger partial charge in [0.05, 0.1) is 83.9 Å². The van der Waals surface area contributed by atoms with Gasteiger partial charge in [-0.25, -0.2) is 0 Å². The van der Waals surface area contributed by atoms with E-state index in [4.69, 9.17) is 66.3 Å². The molecular weight excluding hydrogens is 1040 g/mol. The van der Waals surface area contributed by atoms with Crippen LogP contribution in [-0.2, 0) is 99.4 Å². The molecule has 6 aromatic carbocycles. The highest BCUT2D eigenvalue weighted by atomic mass is 16.8. The van der Waals surface area contributed by atoms with Gasteiger partial charge in [0.15, 0.2) is 31.5 Å². The first-order valence-electron chi connectivity index (χ1n) is 28.9. The zero-order valence-electron chi connectivity index (χ0n) is 47.2. The van der Waals surface area contributed by atoms with Crippen LogP contribution in [0.1, 0.15) is 67.4 Å². The summed E-state index contributed by atoms with van der Waals surface area (Å²) in [5, 5.41) is 11.6. The fraction of sp³-hybridized carbons (Fsp3) is 0.463. The number of benzene rings is 6. The van der Waals surface area contributed by atoms with E-state index in [1.807, 2.05) is 196 Å². The molecule has 15 nitrogen and oxygen atoms in total. The molecule has 6 aromatic rings. The van der Waals surface area contributed by atoms with Gasteiger partial charge in [0, 0.05) is 23.3 Å². The van der Waals surface area contributed by atoms with E-state index in [9.17, 15) is 5.11 Å². The van der Waals surface area contributed by atoms with Gasteiger partial charge < -0.3 is 71.4 Å². The summed E-state index contributed by atoms with van der Waals surface area (Å²) < 4.78 is 95.4. The van der Waals surface area contributed by atoms with Crippen molar-refractivity contribution < 1.29 is 71.4 Å². The summed E-state index contributed by atoms with van der Waals surface area (Å²) in [7, 11) is 0. The van der Waals surface area contributed by atoms with Crippen molar-refractivity contribution in [3.63, 3.8) is 0 Å². The van der Waals surface area contributed by atoms with Gasteiger partial charge in [-0.15, -0.1) is 0 Å².